The number of aliphatic hydroxyl groups excluding tert-OH is 2. The van der Waals surface area contributed by atoms with E-state index in [1.807, 2.05) is 0 Å². The molecule has 0 spiro atoms. The van der Waals surface area contributed by atoms with E-state index in [1.165, 1.54) is 0 Å². The van der Waals surface area contributed by atoms with Crippen LogP contribution >= 0.6 is 0 Å². The molecule has 0 aromatic rings. The third kappa shape index (κ3) is 2.47. The van der Waals surface area contributed by atoms with Crippen LogP contribution in [0.5, 0.6) is 0 Å². The SMILES string of the molecule is [N-]=[N+]=N[C@H]1[C@@H](O)[C@H](N2CCC(=O)NC2=O)O[C@@H]1CO. The maximum Gasteiger partial charge on any atom is 0.326 e. The van der Waals surface area contributed by atoms with E-state index in [9.17, 15) is 14.7 Å². The zero-order valence-corrected chi connectivity index (χ0v) is 9.84. The summed E-state index contributed by atoms with van der Waals surface area (Å²) in [6.07, 6.45) is -3.11. The highest BCUT2D eigenvalue weighted by atomic mass is 16.5. The summed E-state index contributed by atoms with van der Waals surface area (Å²) >= 11 is 0. The fourth-order valence-electron chi connectivity index (χ4n) is 2.16. The fraction of sp³-hybridized carbons (Fsp3) is 0.778. The number of imide groups is 1. The lowest BCUT2D eigenvalue weighted by atomic mass is 10.1. The first-order valence-corrected chi connectivity index (χ1v) is 5.67. The molecule has 2 rings (SSSR count). The highest BCUT2D eigenvalue weighted by Gasteiger charge is 2.47. The number of nitrogens with one attached hydrogen (secondary N) is 1. The lowest BCUT2D eigenvalue weighted by Gasteiger charge is -2.32. The van der Waals surface area contributed by atoms with Crippen LogP contribution in [0.15, 0.2) is 5.11 Å². The molecule has 19 heavy (non-hydrogen) atoms. The monoisotopic (exact) mass is 271 g/mol. The van der Waals surface area contributed by atoms with Gasteiger partial charge in [0.15, 0.2) is 6.23 Å². The molecule has 0 aromatic carbocycles. The van der Waals surface area contributed by atoms with Crippen LogP contribution in [0.3, 0.4) is 0 Å². The van der Waals surface area contributed by atoms with Gasteiger partial charge < -0.3 is 14.9 Å². The second-order valence-electron chi connectivity index (χ2n) is 4.23. The summed E-state index contributed by atoms with van der Waals surface area (Å²) in [7, 11) is 0. The van der Waals surface area contributed by atoms with Gasteiger partial charge in [0.05, 0.1) is 18.8 Å². The second kappa shape index (κ2) is 5.41. The molecule has 2 heterocycles. The number of urea groups is 1. The minimum Gasteiger partial charge on any atom is -0.394 e. The maximum atomic E-state index is 11.6. The summed E-state index contributed by atoms with van der Waals surface area (Å²) in [6.45, 7) is -0.362. The number of azide groups is 1. The number of carbonyl (C=O) groups is 2. The van der Waals surface area contributed by atoms with Gasteiger partial charge in [-0.25, -0.2) is 4.79 Å². The van der Waals surface area contributed by atoms with Gasteiger partial charge in [0, 0.05) is 17.9 Å². The normalized spacial score (nSPS) is 34.9. The number of hydrogen-bond donors (Lipinski definition) is 3. The molecule has 0 aromatic heterocycles. The first-order valence-electron chi connectivity index (χ1n) is 5.67. The van der Waals surface area contributed by atoms with Gasteiger partial charge in [0.2, 0.25) is 5.91 Å². The maximum absolute atomic E-state index is 11.6. The Morgan fingerprint density at radius 3 is 2.89 bits per heavy atom. The summed E-state index contributed by atoms with van der Waals surface area (Å²) in [5, 5.41) is 24.6. The van der Waals surface area contributed by atoms with E-state index >= 15 is 0 Å². The Morgan fingerprint density at radius 2 is 2.32 bits per heavy atom. The van der Waals surface area contributed by atoms with E-state index in [-0.39, 0.29) is 13.0 Å². The van der Waals surface area contributed by atoms with Crippen LogP contribution in [0.2, 0.25) is 0 Å². The van der Waals surface area contributed by atoms with Crippen LogP contribution in [-0.4, -0.2) is 64.7 Å². The van der Waals surface area contributed by atoms with Crippen LogP contribution < -0.4 is 5.32 Å². The van der Waals surface area contributed by atoms with E-state index in [0.29, 0.717) is 0 Å². The zero-order valence-electron chi connectivity index (χ0n) is 9.84. The van der Waals surface area contributed by atoms with Crippen LogP contribution in [0.1, 0.15) is 6.42 Å². The van der Waals surface area contributed by atoms with Crippen molar-refractivity contribution in [1.82, 2.24) is 10.2 Å². The van der Waals surface area contributed by atoms with Crippen LogP contribution in [-0.2, 0) is 9.53 Å². The number of hydrogen-bond acceptors (Lipinski definition) is 6. The van der Waals surface area contributed by atoms with Gasteiger partial charge in [-0.1, -0.05) is 5.11 Å². The first kappa shape index (κ1) is 13.6. The lowest BCUT2D eigenvalue weighted by Crippen LogP contribution is -2.56. The second-order valence-corrected chi connectivity index (χ2v) is 4.23. The number of aliphatic hydroxyl groups is 2. The molecule has 4 atom stereocenters. The number of carbonyl (C=O) groups excluding carboxylic acids is 2. The summed E-state index contributed by atoms with van der Waals surface area (Å²) in [6, 6.07) is -1.66. The van der Waals surface area contributed by atoms with Crippen molar-refractivity contribution >= 4 is 11.9 Å². The molecule has 0 unspecified atom stereocenters. The molecular formula is C9H13N5O5. The van der Waals surface area contributed by atoms with Crippen molar-refractivity contribution in [2.45, 2.75) is 30.9 Å². The van der Waals surface area contributed by atoms with Gasteiger partial charge in [-0.05, 0) is 5.53 Å². The van der Waals surface area contributed by atoms with Gasteiger partial charge in [-0.2, -0.15) is 0 Å². The third-order valence-electron chi connectivity index (χ3n) is 3.10. The fourth-order valence-corrected chi connectivity index (χ4v) is 2.16. The molecule has 2 fully saturated rings. The van der Waals surface area contributed by atoms with Gasteiger partial charge in [0.1, 0.15) is 6.10 Å². The topological polar surface area (TPSA) is 148 Å². The lowest BCUT2D eigenvalue weighted by molar-refractivity contribution is -0.125. The predicted molar refractivity (Wildman–Crippen MR) is 59.5 cm³/mol. The quantitative estimate of drug-likeness (QED) is 0.331. The van der Waals surface area contributed by atoms with Crippen LogP contribution in [0.4, 0.5) is 4.79 Å². The molecular weight excluding hydrogens is 258 g/mol. The van der Waals surface area contributed by atoms with Crippen LogP contribution in [0, 0.1) is 0 Å². The summed E-state index contributed by atoms with van der Waals surface area (Å²) in [5.41, 5.74) is 8.41. The molecule has 3 amide bonds. The van der Waals surface area contributed by atoms with E-state index in [4.69, 9.17) is 15.4 Å². The Labute approximate surface area is 107 Å². The molecule has 0 saturated carbocycles. The van der Waals surface area contributed by atoms with Gasteiger partial charge in [0.25, 0.3) is 0 Å². The summed E-state index contributed by atoms with van der Waals surface area (Å²) in [5.74, 6) is -0.404. The molecule has 3 N–H and O–H groups in total. The minimum absolute atomic E-state index is 0.0908. The van der Waals surface area contributed by atoms with Crippen LogP contribution in [0.25, 0.3) is 10.4 Å². The van der Waals surface area contributed by atoms with Crippen molar-refractivity contribution in [2.24, 2.45) is 5.11 Å². The van der Waals surface area contributed by atoms with E-state index in [1.54, 1.807) is 0 Å². The summed E-state index contributed by atoms with van der Waals surface area (Å²) in [4.78, 5) is 26.4. The Hall–Kier alpha value is -1.87. The molecule has 10 heteroatoms. The average Bonchev–Trinajstić information content (AvgIpc) is 2.68. The van der Waals surface area contributed by atoms with Gasteiger partial charge in [-0.15, -0.1) is 0 Å². The van der Waals surface area contributed by atoms with Crippen molar-refractivity contribution in [1.29, 1.82) is 0 Å². The summed E-state index contributed by atoms with van der Waals surface area (Å²) < 4.78 is 5.32. The molecule has 0 radical (unpaired) electrons. The largest absolute Gasteiger partial charge is 0.394 e. The minimum atomic E-state index is -1.26. The van der Waals surface area contributed by atoms with Crippen molar-refractivity contribution in [3.05, 3.63) is 10.4 Å². The molecule has 10 nitrogen and oxygen atoms in total. The Bertz CT molecular complexity index is 437. The standard InChI is InChI=1S/C9H13N5O5/c10-13-12-6-4(3-15)19-8(7(6)17)14-2-1-5(16)11-9(14)18/h4,6-8,15,17H,1-3H2,(H,11,16,18)/t4-,6-,7-,8-/m1/s1. The molecule has 0 bridgehead atoms. The number of rotatable bonds is 3. The third-order valence-corrected chi connectivity index (χ3v) is 3.10. The van der Waals surface area contributed by atoms with Crippen molar-refractivity contribution in [3.63, 3.8) is 0 Å². The highest BCUT2D eigenvalue weighted by Crippen LogP contribution is 2.27. The Balaban J connectivity index is 2.15. The number of amides is 3. The first-order chi connectivity index (χ1) is 9.08. The van der Waals surface area contributed by atoms with E-state index in [0.717, 1.165) is 4.90 Å². The van der Waals surface area contributed by atoms with Gasteiger partial charge >= 0.3 is 6.03 Å². The molecule has 2 aliphatic heterocycles. The van der Waals surface area contributed by atoms with Crippen molar-refractivity contribution < 1.29 is 24.5 Å². The average molecular weight is 271 g/mol. The molecule has 104 valence electrons. The smallest absolute Gasteiger partial charge is 0.326 e. The van der Waals surface area contributed by atoms with Crippen molar-refractivity contribution in [2.75, 3.05) is 13.2 Å². The van der Waals surface area contributed by atoms with E-state index in [2.05, 4.69) is 15.3 Å². The molecule has 2 saturated heterocycles. The number of ether oxygens (including phenoxy) is 1. The predicted octanol–water partition coefficient (Wildman–Crippen LogP) is -1.31. The molecule has 2 aliphatic rings. The zero-order chi connectivity index (χ0) is 14.0. The highest BCUT2D eigenvalue weighted by molar-refractivity contribution is 5.96. The van der Waals surface area contributed by atoms with Crippen molar-refractivity contribution in [3.8, 4) is 0 Å². The Kier molecular flexibility index (Phi) is 3.86. The van der Waals surface area contributed by atoms with E-state index < -0.39 is 43.0 Å². The Morgan fingerprint density at radius 1 is 1.58 bits per heavy atom. The van der Waals surface area contributed by atoms with Gasteiger partial charge in [-0.3, -0.25) is 15.0 Å². The molecule has 0 aliphatic carbocycles. The number of nitrogens with zero attached hydrogens (tertiary/aromatic N) is 4.